The number of carbonyl (C=O) groups excluding carboxylic acids is 1. The van der Waals surface area contributed by atoms with Crippen molar-refractivity contribution in [1.29, 1.82) is 0 Å². The number of carboxylic acids is 1. The predicted molar refractivity (Wildman–Crippen MR) is 80.6 cm³/mol. The van der Waals surface area contributed by atoms with Gasteiger partial charge in [0.05, 0.1) is 16.1 Å². The summed E-state index contributed by atoms with van der Waals surface area (Å²) in [6.07, 6.45) is 1.01. The van der Waals surface area contributed by atoms with Crippen LogP contribution in [-0.2, 0) is 4.79 Å². The number of fused-ring (bicyclic) bond motifs is 1. The lowest BCUT2D eigenvalue weighted by molar-refractivity contribution is -0.143. The first kappa shape index (κ1) is 13.8. The SMILES string of the molecule is O=C(O)C1CCN(C(=O)Nc2nc3ccccc3s2)CC1. The Balaban J connectivity index is 1.63. The first-order valence-corrected chi connectivity index (χ1v) is 7.59. The van der Waals surface area contributed by atoms with E-state index in [1.54, 1.807) is 4.90 Å². The summed E-state index contributed by atoms with van der Waals surface area (Å²) in [4.78, 5) is 29.0. The number of nitrogens with one attached hydrogen (secondary N) is 1. The van der Waals surface area contributed by atoms with Crippen LogP contribution < -0.4 is 5.32 Å². The maximum absolute atomic E-state index is 12.2. The fraction of sp³-hybridized carbons (Fsp3) is 0.357. The van der Waals surface area contributed by atoms with Gasteiger partial charge in [0.25, 0.3) is 0 Å². The van der Waals surface area contributed by atoms with Crippen LogP contribution >= 0.6 is 11.3 Å². The second-order valence-electron chi connectivity index (χ2n) is 5.02. The minimum atomic E-state index is -0.777. The number of aromatic nitrogens is 1. The third kappa shape index (κ3) is 2.97. The molecule has 0 atom stereocenters. The van der Waals surface area contributed by atoms with Gasteiger partial charge >= 0.3 is 12.0 Å². The van der Waals surface area contributed by atoms with Gasteiger partial charge in [-0.3, -0.25) is 10.1 Å². The first-order chi connectivity index (χ1) is 10.1. The fourth-order valence-corrected chi connectivity index (χ4v) is 3.28. The van der Waals surface area contributed by atoms with Gasteiger partial charge in [-0.05, 0) is 25.0 Å². The van der Waals surface area contributed by atoms with Gasteiger partial charge in [0.1, 0.15) is 0 Å². The second kappa shape index (κ2) is 5.69. The Kier molecular flexibility index (Phi) is 3.74. The van der Waals surface area contributed by atoms with Crippen molar-refractivity contribution in [3.05, 3.63) is 24.3 Å². The van der Waals surface area contributed by atoms with E-state index in [9.17, 15) is 9.59 Å². The zero-order valence-corrected chi connectivity index (χ0v) is 12.1. The van der Waals surface area contributed by atoms with E-state index in [4.69, 9.17) is 5.11 Å². The highest BCUT2D eigenvalue weighted by Crippen LogP contribution is 2.26. The molecule has 0 bridgehead atoms. The quantitative estimate of drug-likeness (QED) is 0.893. The van der Waals surface area contributed by atoms with Crippen molar-refractivity contribution in [1.82, 2.24) is 9.88 Å². The molecule has 1 aromatic carbocycles. The van der Waals surface area contributed by atoms with Crippen LogP contribution in [0.25, 0.3) is 10.2 Å². The van der Waals surface area contributed by atoms with Crippen LogP contribution in [0.4, 0.5) is 9.93 Å². The summed E-state index contributed by atoms with van der Waals surface area (Å²) in [5.41, 5.74) is 0.863. The average molecular weight is 305 g/mol. The maximum atomic E-state index is 12.2. The number of carboxylic acid groups (broad SMARTS) is 1. The Morgan fingerprint density at radius 1 is 1.29 bits per heavy atom. The van der Waals surface area contributed by atoms with E-state index in [0.29, 0.717) is 31.1 Å². The lowest BCUT2D eigenvalue weighted by atomic mass is 9.97. The molecule has 2 aromatic rings. The number of amides is 2. The van der Waals surface area contributed by atoms with Crippen molar-refractivity contribution in [3.63, 3.8) is 0 Å². The molecule has 110 valence electrons. The highest BCUT2D eigenvalue weighted by molar-refractivity contribution is 7.22. The Morgan fingerprint density at radius 3 is 2.67 bits per heavy atom. The van der Waals surface area contributed by atoms with Crippen LogP contribution in [0.5, 0.6) is 0 Å². The molecule has 1 aromatic heterocycles. The summed E-state index contributed by atoms with van der Waals surface area (Å²) in [6.45, 7) is 0.932. The molecule has 2 N–H and O–H groups in total. The topological polar surface area (TPSA) is 82.5 Å². The van der Waals surface area contributed by atoms with Crippen molar-refractivity contribution >= 4 is 38.7 Å². The Morgan fingerprint density at radius 2 is 2.00 bits per heavy atom. The number of thiazole rings is 1. The minimum Gasteiger partial charge on any atom is -0.481 e. The number of aliphatic carboxylic acids is 1. The second-order valence-corrected chi connectivity index (χ2v) is 6.05. The van der Waals surface area contributed by atoms with Gasteiger partial charge in [0, 0.05) is 13.1 Å². The van der Waals surface area contributed by atoms with Crippen molar-refractivity contribution in [2.75, 3.05) is 18.4 Å². The number of hydrogen-bond acceptors (Lipinski definition) is 4. The number of benzene rings is 1. The van der Waals surface area contributed by atoms with Gasteiger partial charge in [-0.25, -0.2) is 9.78 Å². The monoisotopic (exact) mass is 305 g/mol. The van der Waals surface area contributed by atoms with Crippen LogP contribution in [0.3, 0.4) is 0 Å². The van der Waals surface area contributed by atoms with Gasteiger partial charge in [-0.2, -0.15) is 0 Å². The van der Waals surface area contributed by atoms with E-state index in [-0.39, 0.29) is 11.9 Å². The summed E-state index contributed by atoms with van der Waals surface area (Å²) in [6, 6.07) is 7.49. The molecule has 3 rings (SSSR count). The molecule has 7 heteroatoms. The molecule has 21 heavy (non-hydrogen) atoms. The number of hydrogen-bond donors (Lipinski definition) is 2. The summed E-state index contributed by atoms with van der Waals surface area (Å²) in [5, 5.41) is 12.3. The van der Waals surface area contributed by atoms with Gasteiger partial charge in [-0.15, -0.1) is 0 Å². The number of anilines is 1. The molecule has 6 nitrogen and oxygen atoms in total. The molecule has 0 unspecified atom stereocenters. The highest BCUT2D eigenvalue weighted by atomic mass is 32.1. The van der Waals surface area contributed by atoms with Crippen LogP contribution in [-0.4, -0.2) is 40.1 Å². The average Bonchev–Trinajstić information content (AvgIpc) is 2.89. The van der Waals surface area contributed by atoms with Crippen molar-refractivity contribution < 1.29 is 14.7 Å². The lowest BCUT2D eigenvalue weighted by Crippen LogP contribution is -2.42. The van der Waals surface area contributed by atoms with Crippen molar-refractivity contribution in [3.8, 4) is 0 Å². The van der Waals surface area contributed by atoms with E-state index >= 15 is 0 Å². The Labute approximate surface area is 125 Å². The number of urea groups is 1. The molecular formula is C14H15N3O3S. The smallest absolute Gasteiger partial charge is 0.323 e. The summed E-state index contributed by atoms with van der Waals surface area (Å²) >= 11 is 1.43. The van der Waals surface area contributed by atoms with Crippen LogP contribution in [0, 0.1) is 5.92 Å². The molecule has 1 fully saturated rings. The Bertz CT molecular complexity index is 644. The summed E-state index contributed by atoms with van der Waals surface area (Å²) < 4.78 is 1.03. The standard InChI is InChI=1S/C14H15N3O3S/c18-12(19)9-5-7-17(8-6-9)14(20)16-13-15-10-3-1-2-4-11(10)21-13/h1-4,9H,5-8H2,(H,18,19)(H,15,16,20). The van der Waals surface area contributed by atoms with Crippen LogP contribution in [0.2, 0.25) is 0 Å². The summed E-state index contributed by atoms with van der Waals surface area (Å²) in [5.74, 6) is -1.11. The lowest BCUT2D eigenvalue weighted by Gasteiger charge is -2.29. The van der Waals surface area contributed by atoms with Gasteiger partial charge < -0.3 is 10.0 Å². The normalized spacial score (nSPS) is 16.1. The molecule has 2 heterocycles. The molecular weight excluding hydrogens is 290 g/mol. The molecule has 1 saturated heterocycles. The molecule has 0 spiro atoms. The van der Waals surface area contributed by atoms with Gasteiger partial charge in [-0.1, -0.05) is 23.5 Å². The molecule has 2 amide bonds. The van der Waals surface area contributed by atoms with E-state index in [1.165, 1.54) is 11.3 Å². The van der Waals surface area contributed by atoms with Crippen molar-refractivity contribution in [2.45, 2.75) is 12.8 Å². The number of piperidine rings is 1. The number of likely N-dealkylation sites (tertiary alicyclic amines) is 1. The third-order valence-corrected chi connectivity index (χ3v) is 4.59. The number of carbonyl (C=O) groups is 2. The number of rotatable bonds is 2. The number of nitrogens with zero attached hydrogens (tertiary/aromatic N) is 2. The van der Waals surface area contributed by atoms with Crippen molar-refractivity contribution in [2.24, 2.45) is 5.92 Å². The van der Waals surface area contributed by atoms with E-state index < -0.39 is 5.97 Å². The Hall–Kier alpha value is -2.15. The maximum Gasteiger partial charge on any atom is 0.323 e. The molecule has 0 aliphatic carbocycles. The summed E-state index contributed by atoms with van der Waals surface area (Å²) in [7, 11) is 0. The molecule has 1 aliphatic heterocycles. The largest absolute Gasteiger partial charge is 0.481 e. The fourth-order valence-electron chi connectivity index (χ4n) is 2.43. The van der Waals surface area contributed by atoms with E-state index in [2.05, 4.69) is 10.3 Å². The molecule has 0 saturated carbocycles. The first-order valence-electron chi connectivity index (χ1n) is 6.78. The van der Waals surface area contributed by atoms with Crippen LogP contribution in [0.15, 0.2) is 24.3 Å². The number of para-hydroxylation sites is 1. The minimum absolute atomic E-state index is 0.210. The van der Waals surface area contributed by atoms with Gasteiger partial charge in [0.2, 0.25) is 0 Å². The zero-order chi connectivity index (χ0) is 14.8. The third-order valence-electron chi connectivity index (χ3n) is 3.64. The van der Waals surface area contributed by atoms with Gasteiger partial charge in [0.15, 0.2) is 5.13 Å². The van der Waals surface area contributed by atoms with E-state index in [1.807, 2.05) is 24.3 Å². The zero-order valence-electron chi connectivity index (χ0n) is 11.3. The predicted octanol–water partition coefficient (Wildman–Crippen LogP) is 2.62. The highest BCUT2D eigenvalue weighted by Gasteiger charge is 2.27. The molecule has 1 aliphatic rings. The van der Waals surface area contributed by atoms with E-state index in [0.717, 1.165) is 10.2 Å². The molecule has 0 radical (unpaired) electrons. The van der Waals surface area contributed by atoms with Crippen LogP contribution in [0.1, 0.15) is 12.8 Å².